The first-order valence-corrected chi connectivity index (χ1v) is 11.2. The topological polar surface area (TPSA) is 85.3 Å². The quantitative estimate of drug-likeness (QED) is 0.477. The van der Waals surface area contributed by atoms with E-state index >= 15 is 0 Å². The van der Waals surface area contributed by atoms with Crippen molar-refractivity contribution in [2.75, 3.05) is 27.3 Å². The minimum atomic E-state index is -0.859. The lowest BCUT2D eigenvalue weighted by molar-refractivity contribution is 0.0660. The van der Waals surface area contributed by atoms with Crippen LogP contribution in [0.25, 0.3) is 27.8 Å². The van der Waals surface area contributed by atoms with Gasteiger partial charge in [-0.3, -0.25) is 14.5 Å². The molecule has 1 saturated heterocycles. The molecule has 0 aliphatic carbocycles. The molecule has 2 aromatic heterocycles. The predicted octanol–water partition coefficient (Wildman–Crippen LogP) is 4.32. The SMILES string of the molecule is COc1cc(-n2cnc3cc(-c4c[nH]nc4C)ccc32)cc(OC)c1C(=O)N1CCC(F)CC1. The number of carbonyl (C=O) groups is 1. The van der Waals surface area contributed by atoms with Gasteiger partial charge >= 0.3 is 0 Å². The highest BCUT2D eigenvalue weighted by atomic mass is 19.1. The van der Waals surface area contributed by atoms with E-state index in [0.29, 0.717) is 43.0 Å². The number of methoxy groups -OCH3 is 2. The number of H-pyrrole nitrogens is 1. The second-order valence-electron chi connectivity index (χ2n) is 8.39. The highest BCUT2D eigenvalue weighted by Crippen LogP contribution is 2.35. The summed E-state index contributed by atoms with van der Waals surface area (Å²) >= 11 is 0. The number of carbonyl (C=O) groups excluding carboxylic acids is 1. The summed E-state index contributed by atoms with van der Waals surface area (Å²) in [7, 11) is 3.04. The van der Waals surface area contributed by atoms with Crippen LogP contribution in [-0.4, -0.2) is 64.0 Å². The van der Waals surface area contributed by atoms with Crippen molar-refractivity contribution >= 4 is 16.9 Å². The Bertz CT molecular complexity index is 1330. The van der Waals surface area contributed by atoms with Crippen LogP contribution in [0.2, 0.25) is 0 Å². The minimum Gasteiger partial charge on any atom is -0.496 e. The molecule has 1 aliphatic heterocycles. The zero-order valence-corrected chi connectivity index (χ0v) is 19.3. The van der Waals surface area contributed by atoms with Crippen molar-refractivity contribution in [3.63, 3.8) is 0 Å². The Kier molecular flexibility index (Phi) is 5.69. The molecule has 0 spiro atoms. The number of hydrogen-bond donors (Lipinski definition) is 1. The van der Waals surface area contributed by atoms with Crippen LogP contribution in [0.15, 0.2) is 42.9 Å². The highest BCUT2D eigenvalue weighted by molar-refractivity contribution is 6.00. The molecular weight excluding hydrogens is 437 g/mol. The van der Waals surface area contributed by atoms with Crippen LogP contribution < -0.4 is 9.47 Å². The number of alkyl halides is 1. The standard InChI is InChI=1S/C25H26FN5O3/c1-15-19(13-28-29-15)16-4-5-21-20(10-16)27-14-31(21)18-11-22(33-2)24(23(12-18)34-3)25(32)30-8-6-17(26)7-9-30/h4-5,10-14,17H,6-9H2,1-3H3,(H,28,29). The second kappa shape index (κ2) is 8.81. The van der Waals surface area contributed by atoms with Gasteiger partial charge in [-0.15, -0.1) is 0 Å². The number of rotatable bonds is 5. The number of fused-ring (bicyclic) bond motifs is 1. The number of nitrogens with zero attached hydrogens (tertiary/aromatic N) is 4. The first kappa shape index (κ1) is 21.9. The maximum absolute atomic E-state index is 13.6. The smallest absolute Gasteiger partial charge is 0.261 e. The lowest BCUT2D eigenvalue weighted by Gasteiger charge is -2.29. The molecule has 34 heavy (non-hydrogen) atoms. The van der Waals surface area contributed by atoms with Gasteiger partial charge in [-0.05, 0) is 37.5 Å². The Labute approximate surface area is 196 Å². The van der Waals surface area contributed by atoms with Crippen LogP contribution in [0.3, 0.4) is 0 Å². The third-order valence-corrected chi connectivity index (χ3v) is 6.38. The number of imidazole rings is 1. The van der Waals surface area contributed by atoms with Gasteiger partial charge in [-0.1, -0.05) is 6.07 Å². The average molecular weight is 464 g/mol. The van der Waals surface area contributed by atoms with Gasteiger partial charge in [0, 0.05) is 37.0 Å². The van der Waals surface area contributed by atoms with Crippen molar-refractivity contribution < 1.29 is 18.7 Å². The predicted molar refractivity (Wildman–Crippen MR) is 127 cm³/mol. The molecule has 5 rings (SSSR count). The Hall–Kier alpha value is -3.88. The van der Waals surface area contributed by atoms with E-state index in [9.17, 15) is 9.18 Å². The van der Waals surface area contributed by atoms with Gasteiger partial charge in [0.1, 0.15) is 29.6 Å². The molecular formula is C25H26FN5O3. The van der Waals surface area contributed by atoms with Gasteiger partial charge in [0.15, 0.2) is 0 Å². The monoisotopic (exact) mass is 463 g/mol. The molecule has 1 N–H and O–H groups in total. The Balaban J connectivity index is 1.54. The third-order valence-electron chi connectivity index (χ3n) is 6.38. The normalized spacial score (nSPS) is 14.5. The molecule has 8 nitrogen and oxygen atoms in total. The minimum absolute atomic E-state index is 0.220. The van der Waals surface area contributed by atoms with E-state index in [1.165, 1.54) is 14.2 Å². The van der Waals surface area contributed by atoms with E-state index < -0.39 is 6.17 Å². The van der Waals surface area contributed by atoms with Gasteiger partial charge in [0.2, 0.25) is 0 Å². The fourth-order valence-corrected chi connectivity index (χ4v) is 4.49. The lowest BCUT2D eigenvalue weighted by atomic mass is 10.1. The molecule has 1 fully saturated rings. The summed E-state index contributed by atoms with van der Waals surface area (Å²) in [5.74, 6) is 0.575. The Morgan fingerprint density at radius 2 is 1.82 bits per heavy atom. The maximum Gasteiger partial charge on any atom is 0.261 e. The molecule has 0 bridgehead atoms. The fraction of sp³-hybridized carbons (Fsp3) is 0.320. The number of benzene rings is 2. The summed E-state index contributed by atoms with van der Waals surface area (Å²) in [5.41, 5.74) is 5.79. The van der Waals surface area contributed by atoms with Gasteiger partial charge in [-0.25, -0.2) is 9.37 Å². The molecule has 2 aromatic carbocycles. The lowest BCUT2D eigenvalue weighted by Crippen LogP contribution is -2.39. The first-order valence-electron chi connectivity index (χ1n) is 11.2. The summed E-state index contributed by atoms with van der Waals surface area (Å²) in [5, 5.41) is 7.08. The summed E-state index contributed by atoms with van der Waals surface area (Å²) in [6, 6.07) is 9.65. The molecule has 0 unspecified atom stereocenters. The van der Waals surface area contributed by atoms with Gasteiger partial charge in [-0.2, -0.15) is 5.10 Å². The summed E-state index contributed by atoms with van der Waals surface area (Å²) in [6.45, 7) is 2.70. The van der Waals surface area contributed by atoms with Crippen molar-refractivity contribution in [2.24, 2.45) is 0 Å². The van der Waals surface area contributed by atoms with Crippen LogP contribution in [0.4, 0.5) is 4.39 Å². The number of aromatic nitrogens is 4. The number of aromatic amines is 1. The summed E-state index contributed by atoms with van der Waals surface area (Å²) in [6.07, 6.45) is 3.43. The molecule has 176 valence electrons. The zero-order chi connectivity index (χ0) is 23.8. The third kappa shape index (κ3) is 3.76. The number of likely N-dealkylation sites (tertiary alicyclic amines) is 1. The first-order chi connectivity index (χ1) is 16.5. The molecule has 0 radical (unpaired) electrons. The van der Waals surface area contributed by atoms with E-state index in [1.807, 2.05) is 35.9 Å². The van der Waals surface area contributed by atoms with Crippen molar-refractivity contribution in [2.45, 2.75) is 25.9 Å². The number of aryl methyl sites for hydroxylation is 1. The number of piperidine rings is 1. The van der Waals surface area contributed by atoms with E-state index in [0.717, 1.165) is 33.5 Å². The molecule has 1 amide bonds. The number of amides is 1. The summed E-state index contributed by atoms with van der Waals surface area (Å²) < 4.78 is 26.7. The van der Waals surface area contributed by atoms with Crippen LogP contribution in [0, 0.1) is 6.92 Å². The van der Waals surface area contributed by atoms with E-state index in [-0.39, 0.29) is 5.91 Å². The average Bonchev–Trinajstić information content (AvgIpc) is 3.48. The van der Waals surface area contributed by atoms with Crippen LogP contribution in [0.5, 0.6) is 11.5 Å². The number of ether oxygens (including phenoxy) is 2. The largest absolute Gasteiger partial charge is 0.496 e. The number of hydrogen-bond acceptors (Lipinski definition) is 5. The van der Waals surface area contributed by atoms with Crippen molar-refractivity contribution in [3.8, 4) is 28.3 Å². The van der Waals surface area contributed by atoms with Crippen molar-refractivity contribution in [3.05, 3.63) is 54.1 Å². The fourth-order valence-electron chi connectivity index (χ4n) is 4.49. The Morgan fingerprint density at radius 3 is 2.44 bits per heavy atom. The van der Waals surface area contributed by atoms with Crippen LogP contribution in [-0.2, 0) is 0 Å². The zero-order valence-electron chi connectivity index (χ0n) is 19.3. The molecule has 0 saturated carbocycles. The van der Waals surface area contributed by atoms with Crippen molar-refractivity contribution in [1.29, 1.82) is 0 Å². The van der Waals surface area contributed by atoms with E-state index in [2.05, 4.69) is 15.2 Å². The van der Waals surface area contributed by atoms with Crippen LogP contribution >= 0.6 is 0 Å². The molecule has 9 heteroatoms. The molecule has 0 atom stereocenters. The van der Waals surface area contributed by atoms with Gasteiger partial charge in [0.05, 0.1) is 36.6 Å². The number of halogens is 1. The van der Waals surface area contributed by atoms with Gasteiger partial charge < -0.3 is 14.4 Å². The number of nitrogens with one attached hydrogen (secondary N) is 1. The van der Waals surface area contributed by atoms with E-state index in [4.69, 9.17) is 9.47 Å². The molecule has 3 heterocycles. The second-order valence-corrected chi connectivity index (χ2v) is 8.39. The molecule has 1 aliphatic rings. The van der Waals surface area contributed by atoms with Crippen molar-refractivity contribution in [1.82, 2.24) is 24.6 Å². The van der Waals surface area contributed by atoms with Crippen LogP contribution in [0.1, 0.15) is 28.9 Å². The summed E-state index contributed by atoms with van der Waals surface area (Å²) in [4.78, 5) is 19.5. The van der Waals surface area contributed by atoms with Gasteiger partial charge in [0.25, 0.3) is 5.91 Å². The highest BCUT2D eigenvalue weighted by Gasteiger charge is 2.28. The van der Waals surface area contributed by atoms with E-state index in [1.54, 1.807) is 23.4 Å². The molecule has 4 aromatic rings. The maximum atomic E-state index is 13.6. The Morgan fingerprint density at radius 1 is 1.12 bits per heavy atom.